The number of nitrogens with two attached hydrogens (primary N) is 1. The Labute approximate surface area is 610 Å². The van der Waals surface area contributed by atoms with Crippen molar-refractivity contribution in [1.29, 1.82) is 5.41 Å². The molecular weight excluding hydrogens is 1430 g/mol. The van der Waals surface area contributed by atoms with Crippen LogP contribution in [-0.2, 0) is 30.2 Å². The van der Waals surface area contributed by atoms with Gasteiger partial charge in [-0.25, -0.2) is 15.0 Å². The second-order valence-electron chi connectivity index (χ2n) is 19.3. The summed E-state index contributed by atoms with van der Waals surface area (Å²) in [5, 5.41) is 26.1. The number of anilines is 1. The molecule has 0 radical (unpaired) electrons. The first-order chi connectivity index (χ1) is 44.7. The third kappa shape index (κ3) is 43.5. The highest BCUT2D eigenvalue weighted by molar-refractivity contribution is 8.24. The average molecular weight is 1520 g/mol. The summed E-state index contributed by atoms with van der Waals surface area (Å²) >= 11 is 19.7. The Morgan fingerprint density at radius 2 is 1.09 bits per heavy atom. The lowest BCUT2D eigenvalue weighted by atomic mass is 9.95. The number of H-pyrrole nitrogens is 2. The number of aryl methyl sites for hydroxylation is 7. The number of aliphatic hydroxyl groups excluding tert-OH is 1. The zero-order valence-electron chi connectivity index (χ0n) is 56.4. The van der Waals surface area contributed by atoms with Crippen LogP contribution in [0.4, 0.5) is 5.69 Å². The number of methoxy groups -OCH3 is 2. The molecule has 99 heavy (non-hydrogen) atoms. The van der Waals surface area contributed by atoms with Crippen LogP contribution >= 0.6 is 75.3 Å². The minimum atomic E-state index is -3.22. The Kier molecular flexibility index (Phi) is 57.8. The van der Waals surface area contributed by atoms with Crippen LogP contribution in [-0.4, -0.2) is 96.1 Å². The van der Waals surface area contributed by atoms with Crippen molar-refractivity contribution in [3.05, 3.63) is 150 Å². The third-order valence-electron chi connectivity index (χ3n) is 11.8. The number of furan rings is 3. The molecule has 0 saturated carbocycles. The summed E-state index contributed by atoms with van der Waals surface area (Å²) in [4.78, 5) is 84.7. The number of aromatic nitrogens is 8. The van der Waals surface area contributed by atoms with Crippen molar-refractivity contribution < 1.29 is 56.7 Å². The first-order valence-corrected chi connectivity index (χ1v) is 33.4. The van der Waals surface area contributed by atoms with Crippen molar-refractivity contribution in [2.45, 2.75) is 142 Å². The number of fused-ring (bicyclic) bond motifs is 3. The fraction of sp³-hybridized carbons (Fsp3) is 0.388. The number of hydrogen-bond donors (Lipinski definition) is 7. The Hall–Kier alpha value is -8.54. The standard InChI is InChI=1S/C17H18N2O2.C8H7ClN2O.2C8H8N2O2.C8H11NO.C8H14.C4H10O.C2H6N2.2CO2.2CH4.Cl3OP.2ClH/c1-10-9-15-16(18-12(3)19-17(15)21-10)11(2)13-5-7-14(20-4)8-6-13;1-4-3-6-7(9)10-5(2)11-8(6)12-4;1-4-3-6-7(11)9-5(2)10-8(6)12-4;1-3-4-6-7(11)9-5(2)10-8(6)12;1-9-7-3-5-8(10-2)6-4-7;1-4-7-8(5-2)6-3;1-2-3-4-5;1-2(3)4;2*2-1-3;;;1-5(2,3)4;;/h5-9,11H,1-4H3;3H,1-2H3;3H,1-2H3,(H,9,10,11);1H,4H2,2H3,(H2,9,10,11,12);3-6,9H,1-2H3;1,8H,5-7H2,2-3H3;5H,2-4H2,1H3;1H3,(H3,3,4);;;2*1H4;;2*1H. The summed E-state index contributed by atoms with van der Waals surface area (Å²) in [7, 11) is 5.22. The molecule has 0 aliphatic rings. The highest BCUT2D eigenvalue weighted by atomic mass is 36.0. The van der Waals surface area contributed by atoms with Gasteiger partial charge in [-0.05, 0) is 162 Å². The molecule has 0 saturated heterocycles. The lowest BCUT2D eigenvalue weighted by molar-refractivity contribution is -0.193. The number of benzene rings is 2. The van der Waals surface area contributed by atoms with Crippen molar-refractivity contribution in [2.24, 2.45) is 11.7 Å². The molecular formula is C67H92Cl6N11O14P. The van der Waals surface area contributed by atoms with Gasteiger partial charge in [0, 0.05) is 38.1 Å². The van der Waals surface area contributed by atoms with E-state index in [4.69, 9.17) is 82.6 Å². The number of hydrogen-bond acceptors (Lipinski definition) is 22. The van der Waals surface area contributed by atoms with E-state index in [1.54, 1.807) is 48.0 Å². The Morgan fingerprint density at radius 3 is 1.46 bits per heavy atom. The third-order valence-corrected chi connectivity index (χ3v) is 12.0. The molecule has 0 fully saturated rings. The molecule has 546 valence electrons. The number of aromatic hydroxyl groups is 1. The van der Waals surface area contributed by atoms with Crippen LogP contribution in [0.15, 0.2) is 89.6 Å². The number of rotatable bonds is 11. The predicted octanol–water partition coefficient (Wildman–Crippen LogP) is 16.2. The normalized spacial score (nSPS) is 9.53. The summed E-state index contributed by atoms with van der Waals surface area (Å²) < 4.78 is 35.8. The number of halogens is 6. The Bertz CT molecular complexity index is 4030. The molecule has 9 aromatic rings. The topological polar surface area (TPSA) is 389 Å². The molecule has 0 amide bonds. The maximum Gasteiger partial charge on any atom is 0.373 e. The van der Waals surface area contributed by atoms with Crippen molar-refractivity contribution in [3.63, 3.8) is 0 Å². The van der Waals surface area contributed by atoms with E-state index >= 15 is 0 Å². The van der Waals surface area contributed by atoms with Crippen LogP contribution < -0.4 is 31.6 Å². The first kappa shape index (κ1) is 101. The summed E-state index contributed by atoms with van der Waals surface area (Å²) in [6.07, 6.45) is 16.2. The predicted molar refractivity (Wildman–Crippen MR) is 399 cm³/mol. The SMILES string of the molecule is C.C.C#CCC(CC)CC.C#CCc1c(O)nc(C)[nH]c1=O.CC(=N)N.CCCCO.CNc1ccc(OC)cc1.COc1ccc(C(C)c2nc(C)nc3oc(C)cc23)cc1.Cc1nc(Cl)c2cc(C)oc2n1.Cc1nc2oc(C)cc2c(=O)[nH]1.Cl.Cl.O=C=O.O=C=O.O=P(Cl)(Cl)Cl. The smallest absolute Gasteiger partial charge is 0.373 e. The quantitative estimate of drug-likeness (QED) is 0.0208. The Balaban J connectivity index is -0.000000251. The number of aromatic amines is 2. The summed E-state index contributed by atoms with van der Waals surface area (Å²) in [6, 6.07) is 21.4. The number of ether oxygens (including phenoxy) is 2. The fourth-order valence-corrected chi connectivity index (χ4v) is 7.60. The largest absolute Gasteiger partial charge is 0.497 e. The van der Waals surface area contributed by atoms with Crippen LogP contribution in [0, 0.1) is 84.5 Å². The first-order valence-electron chi connectivity index (χ1n) is 28.6. The zero-order valence-corrected chi connectivity index (χ0v) is 62.0. The van der Waals surface area contributed by atoms with Gasteiger partial charge in [-0.3, -0.25) is 19.6 Å². The van der Waals surface area contributed by atoms with Gasteiger partial charge in [0.05, 0.1) is 42.1 Å². The van der Waals surface area contributed by atoms with Gasteiger partial charge in [0.15, 0.2) is 0 Å². The summed E-state index contributed by atoms with van der Waals surface area (Å²) in [5.74, 6) is 12.1. The van der Waals surface area contributed by atoms with Crippen LogP contribution in [0.5, 0.6) is 17.4 Å². The van der Waals surface area contributed by atoms with Gasteiger partial charge < -0.3 is 54.0 Å². The Morgan fingerprint density at radius 1 is 0.697 bits per heavy atom. The van der Waals surface area contributed by atoms with E-state index < -0.39 is 5.20 Å². The number of carbonyl (C=O) groups excluding carboxylic acids is 4. The van der Waals surface area contributed by atoms with Gasteiger partial charge >= 0.3 is 17.5 Å². The fourth-order valence-electron chi connectivity index (χ4n) is 7.34. The van der Waals surface area contributed by atoms with E-state index in [9.17, 15) is 19.3 Å². The van der Waals surface area contributed by atoms with Crippen LogP contribution in [0.1, 0.15) is 145 Å². The summed E-state index contributed by atoms with van der Waals surface area (Å²) in [5.41, 5.74) is 9.24. The number of nitrogens with zero attached hydrogens (tertiary/aromatic N) is 6. The van der Waals surface area contributed by atoms with E-state index in [1.807, 2.05) is 76.3 Å². The molecule has 1 unspecified atom stereocenters. The maximum atomic E-state index is 11.3. The van der Waals surface area contributed by atoms with Crippen LogP contribution in [0.3, 0.4) is 0 Å². The summed E-state index contributed by atoms with van der Waals surface area (Å²) in [6.45, 7) is 23.0. The molecule has 1 atom stereocenters. The zero-order chi connectivity index (χ0) is 73.0. The van der Waals surface area contributed by atoms with E-state index in [-0.39, 0.29) is 92.7 Å². The van der Waals surface area contributed by atoms with Crippen LogP contribution in [0.2, 0.25) is 5.15 Å². The number of nitrogens with one attached hydrogen (secondary N) is 4. The molecule has 2 aromatic carbocycles. The average Bonchev–Trinajstić information content (AvgIpc) is 1.72. The molecule has 32 heteroatoms. The minimum absolute atomic E-state index is 0. The molecule has 0 bridgehead atoms. The second-order valence-corrected chi connectivity index (χ2v) is 26.3. The number of amidine groups is 1. The van der Waals surface area contributed by atoms with Crippen LogP contribution in [0.25, 0.3) is 33.3 Å². The molecule has 7 heterocycles. The number of aliphatic hydroxyl groups is 1. The van der Waals surface area contributed by atoms with Crippen molar-refractivity contribution in [3.8, 4) is 42.1 Å². The molecule has 8 N–H and O–H groups in total. The van der Waals surface area contributed by atoms with Gasteiger partial charge in [-0.2, -0.15) is 34.1 Å². The highest BCUT2D eigenvalue weighted by Gasteiger charge is 2.18. The van der Waals surface area contributed by atoms with Crippen molar-refractivity contribution >= 4 is 132 Å². The molecule has 25 nitrogen and oxygen atoms in total. The lowest BCUT2D eigenvalue weighted by Crippen LogP contribution is -2.14. The van der Waals surface area contributed by atoms with Gasteiger partial charge in [-0.1, -0.05) is 85.5 Å². The van der Waals surface area contributed by atoms with E-state index in [1.165, 1.54) is 25.3 Å². The van der Waals surface area contributed by atoms with E-state index in [0.29, 0.717) is 57.5 Å². The van der Waals surface area contributed by atoms with Gasteiger partial charge in [0.25, 0.3) is 11.1 Å². The number of terminal acetylenes is 2. The second kappa shape index (κ2) is 56.3. The minimum Gasteiger partial charge on any atom is -0.497 e. The molecule has 7 aromatic heterocycles. The van der Waals surface area contributed by atoms with Gasteiger partial charge in [0.2, 0.25) is 23.0 Å². The molecule has 9 rings (SSSR count). The van der Waals surface area contributed by atoms with Gasteiger partial charge in [0.1, 0.15) is 62.6 Å². The monoisotopic (exact) mass is 1520 g/mol. The molecule has 0 spiro atoms. The van der Waals surface area contributed by atoms with Gasteiger partial charge in [-0.15, -0.1) is 49.5 Å². The molecule has 0 aliphatic heterocycles. The highest BCUT2D eigenvalue weighted by Crippen LogP contribution is 2.61. The van der Waals surface area contributed by atoms with Crippen molar-refractivity contribution in [1.82, 2.24) is 39.9 Å². The molecule has 0 aliphatic carbocycles. The maximum absolute atomic E-state index is 11.3. The lowest BCUT2D eigenvalue weighted by Gasteiger charge is -2.13. The van der Waals surface area contributed by atoms with Crippen molar-refractivity contribution in [2.75, 3.05) is 33.2 Å². The van der Waals surface area contributed by atoms with E-state index in [0.717, 1.165) is 76.2 Å². The van der Waals surface area contributed by atoms with E-state index in [2.05, 4.69) is 131 Å². The number of unbranched alkanes of at least 4 members (excludes halogenated alkanes) is 1.